The molecule has 0 bridgehead atoms. The number of anilines is 1. The van der Waals surface area contributed by atoms with E-state index in [4.69, 9.17) is 0 Å². The molecule has 1 aromatic carbocycles. The average molecular weight is 278 g/mol. The minimum Gasteiger partial charge on any atom is -0.370 e. The second-order valence-corrected chi connectivity index (χ2v) is 5.18. The molecule has 0 atom stereocenters. The third kappa shape index (κ3) is 2.07. The van der Waals surface area contributed by atoms with Crippen LogP contribution in [0.15, 0.2) is 41.3 Å². The van der Waals surface area contributed by atoms with Crippen molar-refractivity contribution in [3.05, 3.63) is 52.4 Å². The van der Waals surface area contributed by atoms with E-state index in [-0.39, 0.29) is 5.56 Å². The van der Waals surface area contributed by atoms with E-state index in [0.29, 0.717) is 11.6 Å². The molecule has 0 saturated heterocycles. The van der Waals surface area contributed by atoms with Crippen molar-refractivity contribution >= 4 is 16.7 Å². The number of nitrogens with one attached hydrogen (secondary N) is 2. The molecular weight excluding hydrogens is 264 g/mol. The number of hydrogen-bond acceptors (Lipinski definition) is 4. The first kappa shape index (κ1) is 12.1. The van der Waals surface area contributed by atoms with Gasteiger partial charge in [0, 0.05) is 23.7 Å². The predicted molar refractivity (Wildman–Crippen MR) is 82.4 cm³/mol. The SMILES string of the molecule is O=c1[nH]c(-c2ccc3ncccc3c2)nc2c1CCCN2. The molecule has 0 saturated carbocycles. The number of benzene rings is 1. The zero-order chi connectivity index (χ0) is 14.2. The molecule has 0 amide bonds. The van der Waals surface area contributed by atoms with Gasteiger partial charge in [0.25, 0.3) is 5.56 Å². The van der Waals surface area contributed by atoms with Gasteiger partial charge in [-0.2, -0.15) is 0 Å². The molecule has 1 aliphatic rings. The Morgan fingerprint density at radius 1 is 1.19 bits per heavy atom. The topological polar surface area (TPSA) is 70.7 Å². The van der Waals surface area contributed by atoms with E-state index in [1.165, 1.54) is 0 Å². The average Bonchev–Trinajstić information content (AvgIpc) is 2.54. The van der Waals surface area contributed by atoms with Crippen molar-refractivity contribution in [2.75, 3.05) is 11.9 Å². The van der Waals surface area contributed by atoms with Gasteiger partial charge in [-0.3, -0.25) is 9.78 Å². The van der Waals surface area contributed by atoms with Crippen molar-refractivity contribution in [3.8, 4) is 11.4 Å². The van der Waals surface area contributed by atoms with Crippen LogP contribution in [0.5, 0.6) is 0 Å². The van der Waals surface area contributed by atoms with E-state index < -0.39 is 0 Å². The largest absolute Gasteiger partial charge is 0.370 e. The third-order valence-corrected chi connectivity index (χ3v) is 3.79. The Labute approximate surface area is 121 Å². The summed E-state index contributed by atoms with van der Waals surface area (Å²) in [6.45, 7) is 0.866. The van der Waals surface area contributed by atoms with Gasteiger partial charge < -0.3 is 10.3 Å². The van der Waals surface area contributed by atoms with Crippen LogP contribution in [0.2, 0.25) is 0 Å². The number of pyridine rings is 1. The van der Waals surface area contributed by atoms with Crippen LogP contribution in [0.1, 0.15) is 12.0 Å². The lowest BCUT2D eigenvalue weighted by molar-refractivity contribution is 0.800. The monoisotopic (exact) mass is 278 g/mol. The highest BCUT2D eigenvalue weighted by Crippen LogP contribution is 2.23. The standard InChI is InChI=1S/C16H14N4O/c21-16-12-4-2-8-18-15(12)19-14(20-16)11-5-6-13-10(9-11)3-1-7-17-13/h1,3,5-7,9H,2,4,8H2,(H2,18,19,20,21). The minimum absolute atomic E-state index is 0.0477. The molecule has 4 rings (SSSR count). The molecule has 5 heteroatoms. The van der Waals surface area contributed by atoms with Gasteiger partial charge in [0.15, 0.2) is 0 Å². The summed E-state index contributed by atoms with van der Waals surface area (Å²) >= 11 is 0. The molecule has 3 aromatic rings. The Kier molecular flexibility index (Phi) is 2.70. The summed E-state index contributed by atoms with van der Waals surface area (Å²) < 4.78 is 0. The van der Waals surface area contributed by atoms with Crippen molar-refractivity contribution in [3.63, 3.8) is 0 Å². The number of nitrogens with zero attached hydrogens (tertiary/aromatic N) is 2. The maximum Gasteiger partial charge on any atom is 0.256 e. The third-order valence-electron chi connectivity index (χ3n) is 3.79. The second-order valence-electron chi connectivity index (χ2n) is 5.18. The highest BCUT2D eigenvalue weighted by Gasteiger charge is 2.15. The van der Waals surface area contributed by atoms with Crippen LogP contribution in [0.4, 0.5) is 5.82 Å². The molecule has 0 spiro atoms. The first-order valence-electron chi connectivity index (χ1n) is 7.03. The Morgan fingerprint density at radius 2 is 2.14 bits per heavy atom. The molecule has 0 unspecified atom stereocenters. The summed E-state index contributed by atoms with van der Waals surface area (Å²) in [4.78, 5) is 23.9. The van der Waals surface area contributed by atoms with Gasteiger partial charge in [0.2, 0.25) is 0 Å². The highest BCUT2D eigenvalue weighted by molar-refractivity contribution is 5.83. The second kappa shape index (κ2) is 4.70. The summed E-state index contributed by atoms with van der Waals surface area (Å²) in [5, 5.41) is 4.24. The summed E-state index contributed by atoms with van der Waals surface area (Å²) in [5.74, 6) is 1.31. The van der Waals surface area contributed by atoms with E-state index in [2.05, 4.69) is 20.3 Å². The number of rotatable bonds is 1. The van der Waals surface area contributed by atoms with Gasteiger partial charge in [-0.1, -0.05) is 6.07 Å². The van der Waals surface area contributed by atoms with E-state index in [1.54, 1.807) is 6.20 Å². The zero-order valence-electron chi connectivity index (χ0n) is 11.4. The molecule has 2 N–H and O–H groups in total. The van der Waals surface area contributed by atoms with Crippen LogP contribution in [0.25, 0.3) is 22.3 Å². The van der Waals surface area contributed by atoms with E-state index in [9.17, 15) is 4.79 Å². The Hall–Kier alpha value is -2.69. The van der Waals surface area contributed by atoms with E-state index in [0.717, 1.165) is 41.4 Å². The first-order chi connectivity index (χ1) is 10.3. The van der Waals surface area contributed by atoms with Gasteiger partial charge in [-0.15, -0.1) is 0 Å². The quantitative estimate of drug-likeness (QED) is 0.716. The lowest BCUT2D eigenvalue weighted by Gasteiger charge is -2.16. The van der Waals surface area contributed by atoms with Crippen LogP contribution in [-0.4, -0.2) is 21.5 Å². The van der Waals surface area contributed by atoms with E-state index in [1.807, 2.05) is 30.3 Å². The summed E-state index contributed by atoms with van der Waals surface area (Å²) in [6, 6.07) is 9.77. The molecule has 0 fully saturated rings. The molecule has 104 valence electrons. The Morgan fingerprint density at radius 3 is 3.10 bits per heavy atom. The van der Waals surface area contributed by atoms with Crippen LogP contribution in [0, 0.1) is 0 Å². The van der Waals surface area contributed by atoms with Crippen LogP contribution < -0.4 is 10.9 Å². The maximum atomic E-state index is 12.2. The van der Waals surface area contributed by atoms with Crippen molar-refractivity contribution < 1.29 is 0 Å². The van der Waals surface area contributed by atoms with Gasteiger partial charge in [0.1, 0.15) is 11.6 Å². The van der Waals surface area contributed by atoms with E-state index >= 15 is 0 Å². The van der Waals surface area contributed by atoms with Crippen molar-refractivity contribution in [1.29, 1.82) is 0 Å². The van der Waals surface area contributed by atoms with Crippen LogP contribution in [-0.2, 0) is 6.42 Å². The highest BCUT2D eigenvalue weighted by atomic mass is 16.1. The van der Waals surface area contributed by atoms with Gasteiger partial charge >= 0.3 is 0 Å². The molecular formula is C16H14N4O. The number of hydrogen-bond donors (Lipinski definition) is 2. The fourth-order valence-corrected chi connectivity index (χ4v) is 2.71. The number of H-pyrrole nitrogens is 1. The Balaban J connectivity index is 1.88. The first-order valence-corrected chi connectivity index (χ1v) is 7.03. The van der Waals surface area contributed by atoms with Crippen LogP contribution in [0.3, 0.4) is 0 Å². The lowest BCUT2D eigenvalue weighted by atomic mass is 10.1. The molecule has 0 radical (unpaired) electrons. The zero-order valence-corrected chi connectivity index (χ0v) is 11.4. The van der Waals surface area contributed by atoms with Gasteiger partial charge in [-0.25, -0.2) is 4.98 Å². The fraction of sp³-hybridized carbons (Fsp3) is 0.188. The lowest BCUT2D eigenvalue weighted by Crippen LogP contribution is -2.24. The number of fused-ring (bicyclic) bond motifs is 2. The van der Waals surface area contributed by atoms with Gasteiger partial charge in [-0.05, 0) is 37.1 Å². The van der Waals surface area contributed by atoms with Crippen LogP contribution >= 0.6 is 0 Å². The summed E-state index contributed by atoms with van der Waals surface area (Å²) in [7, 11) is 0. The summed E-state index contributed by atoms with van der Waals surface area (Å²) in [6.07, 6.45) is 3.52. The molecule has 5 nitrogen and oxygen atoms in total. The summed E-state index contributed by atoms with van der Waals surface area (Å²) in [5.41, 5.74) is 2.53. The normalized spacial score (nSPS) is 13.7. The molecule has 0 aliphatic carbocycles. The molecule has 1 aliphatic heterocycles. The minimum atomic E-state index is -0.0477. The number of aromatic amines is 1. The Bertz CT molecular complexity index is 885. The van der Waals surface area contributed by atoms with Crippen molar-refractivity contribution in [1.82, 2.24) is 15.0 Å². The molecule has 21 heavy (non-hydrogen) atoms. The van der Waals surface area contributed by atoms with Crippen molar-refractivity contribution in [2.45, 2.75) is 12.8 Å². The maximum absolute atomic E-state index is 12.2. The number of aromatic nitrogens is 3. The molecule has 3 heterocycles. The fourth-order valence-electron chi connectivity index (χ4n) is 2.71. The molecule has 2 aromatic heterocycles. The van der Waals surface area contributed by atoms with Crippen molar-refractivity contribution in [2.24, 2.45) is 0 Å². The smallest absolute Gasteiger partial charge is 0.256 e. The van der Waals surface area contributed by atoms with Gasteiger partial charge in [0.05, 0.1) is 11.1 Å². The predicted octanol–water partition coefficient (Wildman–Crippen LogP) is 2.34.